The number of rotatable bonds is 4. The van der Waals surface area contributed by atoms with E-state index in [2.05, 4.69) is 36.4 Å². The quantitative estimate of drug-likeness (QED) is 0.651. The van der Waals surface area contributed by atoms with Crippen LogP contribution in [0.1, 0.15) is 23.1 Å². The van der Waals surface area contributed by atoms with Gasteiger partial charge in [0.25, 0.3) is 0 Å². The van der Waals surface area contributed by atoms with Crippen LogP contribution in [0.2, 0.25) is 0 Å². The van der Waals surface area contributed by atoms with E-state index >= 15 is 0 Å². The molecule has 18 heavy (non-hydrogen) atoms. The molecular formula is C11H15BrN6. The molecule has 0 radical (unpaired) electrons. The van der Waals surface area contributed by atoms with Gasteiger partial charge in [-0.2, -0.15) is 5.10 Å². The van der Waals surface area contributed by atoms with Gasteiger partial charge in [0.15, 0.2) is 0 Å². The van der Waals surface area contributed by atoms with E-state index in [-0.39, 0.29) is 6.04 Å². The lowest BCUT2D eigenvalue weighted by molar-refractivity contribution is 0.516. The monoisotopic (exact) mass is 310 g/mol. The van der Waals surface area contributed by atoms with E-state index in [0.29, 0.717) is 6.42 Å². The lowest BCUT2D eigenvalue weighted by Gasteiger charge is -2.15. The Kier molecular flexibility index (Phi) is 4.05. The SMILES string of the molecule is Cc1nn(C)c(CC(NN)c2ccncn2)c1Br. The van der Waals surface area contributed by atoms with Gasteiger partial charge in [0, 0.05) is 19.7 Å². The summed E-state index contributed by atoms with van der Waals surface area (Å²) in [5.74, 6) is 5.60. The first-order valence-corrected chi connectivity index (χ1v) is 6.32. The Morgan fingerprint density at radius 2 is 2.33 bits per heavy atom. The molecule has 0 spiro atoms. The van der Waals surface area contributed by atoms with E-state index in [0.717, 1.165) is 21.6 Å². The first-order chi connectivity index (χ1) is 8.63. The second-order valence-corrected chi connectivity index (χ2v) is 4.82. The maximum atomic E-state index is 5.60. The van der Waals surface area contributed by atoms with Crippen molar-refractivity contribution in [3.63, 3.8) is 0 Å². The molecular weight excluding hydrogens is 296 g/mol. The highest BCUT2D eigenvalue weighted by molar-refractivity contribution is 9.10. The zero-order chi connectivity index (χ0) is 13.1. The predicted molar refractivity (Wildman–Crippen MR) is 71.4 cm³/mol. The molecule has 2 aromatic heterocycles. The van der Waals surface area contributed by atoms with Crippen molar-refractivity contribution in [2.45, 2.75) is 19.4 Å². The first-order valence-electron chi connectivity index (χ1n) is 5.53. The van der Waals surface area contributed by atoms with Gasteiger partial charge < -0.3 is 0 Å². The normalized spacial score (nSPS) is 12.7. The zero-order valence-corrected chi connectivity index (χ0v) is 11.8. The van der Waals surface area contributed by atoms with Gasteiger partial charge in [0.05, 0.1) is 27.6 Å². The molecule has 0 saturated carbocycles. The van der Waals surface area contributed by atoms with Gasteiger partial charge in [-0.15, -0.1) is 0 Å². The molecule has 3 N–H and O–H groups in total. The Morgan fingerprint density at radius 3 is 2.83 bits per heavy atom. The molecule has 0 aromatic carbocycles. The molecule has 0 saturated heterocycles. The Hall–Kier alpha value is -1.31. The number of halogens is 1. The largest absolute Gasteiger partial charge is 0.271 e. The zero-order valence-electron chi connectivity index (χ0n) is 10.3. The minimum Gasteiger partial charge on any atom is -0.271 e. The maximum Gasteiger partial charge on any atom is 0.115 e. The third-order valence-corrected chi connectivity index (χ3v) is 3.85. The minimum absolute atomic E-state index is 0.0703. The summed E-state index contributed by atoms with van der Waals surface area (Å²) in [6, 6.07) is 1.78. The van der Waals surface area contributed by atoms with Gasteiger partial charge in [0.2, 0.25) is 0 Å². The number of hydrogen-bond acceptors (Lipinski definition) is 5. The smallest absolute Gasteiger partial charge is 0.115 e. The van der Waals surface area contributed by atoms with Crippen molar-refractivity contribution >= 4 is 15.9 Å². The maximum absolute atomic E-state index is 5.60. The van der Waals surface area contributed by atoms with Crippen molar-refractivity contribution in [1.82, 2.24) is 25.2 Å². The van der Waals surface area contributed by atoms with Crippen molar-refractivity contribution in [3.05, 3.63) is 40.1 Å². The molecule has 1 unspecified atom stereocenters. The number of hydrogen-bond donors (Lipinski definition) is 2. The van der Waals surface area contributed by atoms with E-state index < -0.39 is 0 Å². The van der Waals surface area contributed by atoms with Crippen LogP contribution in [-0.4, -0.2) is 19.7 Å². The summed E-state index contributed by atoms with van der Waals surface area (Å²) in [5, 5.41) is 4.36. The predicted octanol–water partition coefficient (Wildman–Crippen LogP) is 1.03. The summed E-state index contributed by atoms with van der Waals surface area (Å²) in [4.78, 5) is 8.12. The topological polar surface area (TPSA) is 81.7 Å². The van der Waals surface area contributed by atoms with Gasteiger partial charge >= 0.3 is 0 Å². The fraction of sp³-hybridized carbons (Fsp3) is 0.364. The van der Waals surface area contributed by atoms with Gasteiger partial charge in [-0.1, -0.05) is 0 Å². The summed E-state index contributed by atoms with van der Waals surface area (Å²) < 4.78 is 2.87. The molecule has 0 fully saturated rings. The highest BCUT2D eigenvalue weighted by atomic mass is 79.9. The highest BCUT2D eigenvalue weighted by Gasteiger charge is 2.18. The number of hydrazine groups is 1. The highest BCUT2D eigenvalue weighted by Crippen LogP contribution is 2.24. The number of aryl methyl sites for hydroxylation is 2. The Morgan fingerprint density at radius 1 is 1.56 bits per heavy atom. The Bertz CT molecular complexity index is 524. The first kappa shape index (κ1) is 13.1. The fourth-order valence-corrected chi connectivity index (χ4v) is 2.35. The molecule has 1 atom stereocenters. The van der Waals surface area contributed by atoms with Crippen LogP contribution in [-0.2, 0) is 13.5 Å². The van der Waals surface area contributed by atoms with Crippen LogP contribution in [0.4, 0.5) is 0 Å². The van der Waals surface area contributed by atoms with Gasteiger partial charge in [0.1, 0.15) is 6.33 Å². The van der Waals surface area contributed by atoms with Crippen molar-refractivity contribution in [2.75, 3.05) is 0 Å². The molecule has 0 aliphatic carbocycles. The number of aromatic nitrogens is 4. The third-order valence-electron chi connectivity index (χ3n) is 2.82. The summed E-state index contributed by atoms with van der Waals surface area (Å²) in [6.07, 6.45) is 3.92. The van der Waals surface area contributed by atoms with Crippen molar-refractivity contribution in [1.29, 1.82) is 0 Å². The number of nitrogens with two attached hydrogens (primary N) is 1. The fourth-order valence-electron chi connectivity index (χ4n) is 1.85. The lowest BCUT2D eigenvalue weighted by Crippen LogP contribution is -2.30. The van der Waals surface area contributed by atoms with Crippen molar-refractivity contribution in [3.8, 4) is 0 Å². The summed E-state index contributed by atoms with van der Waals surface area (Å²) >= 11 is 3.55. The average molecular weight is 311 g/mol. The molecule has 2 heterocycles. The van der Waals surface area contributed by atoms with Crippen LogP contribution in [0.3, 0.4) is 0 Å². The Labute approximate surface area is 114 Å². The molecule has 0 amide bonds. The minimum atomic E-state index is -0.0703. The number of nitrogens with zero attached hydrogens (tertiary/aromatic N) is 4. The molecule has 96 valence electrons. The molecule has 0 aliphatic rings. The van der Waals surface area contributed by atoms with Gasteiger partial charge in [-0.3, -0.25) is 16.0 Å². The van der Waals surface area contributed by atoms with Crippen LogP contribution < -0.4 is 11.3 Å². The average Bonchev–Trinajstić information content (AvgIpc) is 2.62. The van der Waals surface area contributed by atoms with Crippen LogP contribution in [0, 0.1) is 6.92 Å². The second kappa shape index (κ2) is 5.55. The second-order valence-electron chi connectivity index (χ2n) is 4.03. The van der Waals surface area contributed by atoms with Gasteiger partial charge in [-0.25, -0.2) is 9.97 Å². The summed E-state index contributed by atoms with van der Waals surface area (Å²) in [6.45, 7) is 1.96. The van der Waals surface area contributed by atoms with E-state index in [1.165, 1.54) is 6.33 Å². The van der Waals surface area contributed by atoms with E-state index in [4.69, 9.17) is 5.84 Å². The van der Waals surface area contributed by atoms with E-state index in [1.54, 1.807) is 6.20 Å². The van der Waals surface area contributed by atoms with Crippen molar-refractivity contribution < 1.29 is 0 Å². The van der Waals surface area contributed by atoms with Crippen molar-refractivity contribution in [2.24, 2.45) is 12.9 Å². The molecule has 7 heteroatoms. The molecule has 0 aliphatic heterocycles. The van der Waals surface area contributed by atoms with E-state index in [1.807, 2.05) is 24.7 Å². The van der Waals surface area contributed by atoms with Crippen LogP contribution in [0.15, 0.2) is 23.1 Å². The Balaban J connectivity index is 2.26. The molecule has 6 nitrogen and oxygen atoms in total. The molecule has 0 bridgehead atoms. The summed E-state index contributed by atoms with van der Waals surface area (Å²) in [5.41, 5.74) is 5.68. The van der Waals surface area contributed by atoms with E-state index in [9.17, 15) is 0 Å². The van der Waals surface area contributed by atoms with Crippen LogP contribution in [0.5, 0.6) is 0 Å². The number of nitrogens with one attached hydrogen (secondary N) is 1. The van der Waals surface area contributed by atoms with Gasteiger partial charge in [-0.05, 0) is 28.9 Å². The third kappa shape index (κ3) is 2.58. The standard InChI is InChI=1S/C11H15BrN6/c1-7-11(12)10(18(2)17-7)5-9(16-13)8-3-4-14-6-15-8/h3-4,6,9,16H,5,13H2,1-2H3. The van der Waals surface area contributed by atoms with Crippen LogP contribution in [0.25, 0.3) is 0 Å². The summed E-state index contributed by atoms with van der Waals surface area (Å²) in [7, 11) is 1.92. The van der Waals surface area contributed by atoms with Crippen LogP contribution >= 0.6 is 15.9 Å². The lowest BCUT2D eigenvalue weighted by atomic mass is 10.1. The molecule has 2 rings (SSSR count). The molecule has 2 aromatic rings.